The average Bonchev–Trinajstić information content (AvgIpc) is 4.01. The summed E-state index contributed by atoms with van der Waals surface area (Å²) < 4.78 is 20.0. The van der Waals surface area contributed by atoms with Crippen molar-refractivity contribution >= 4 is 104 Å². The molecule has 0 aliphatic rings. The Morgan fingerprint density at radius 3 is 1.73 bits per heavy atom. The van der Waals surface area contributed by atoms with Crippen molar-refractivity contribution in [1.29, 1.82) is 0 Å². The molecule has 10 aromatic carbocycles. The number of fused-ring (bicyclic) bond motifs is 12. The third-order valence-corrected chi connectivity index (χ3v) is 12.2. The van der Waals surface area contributed by atoms with Gasteiger partial charge >= 0.3 is 0 Å². The van der Waals surface area contributed by atoms with Gasteiger partial charge in [-0.15, -0.1) is 0 Å². The van der Waals surface area contributed by atoms with Gasteiger partial charge in [-0.3, -0.25) is 0 Å². The summed E-state index contributed by atoms with van der Waals surface area (Å²) in [4.78, 5) is 2.39. The van der Waals surface area contributed by atoms with E-state index in [9.17, 15) is 0 Å². The van der Waals surface area contributed by atoms with E-state index in [4.69, 9.17) is 13.3 Å². The lowest BCUT2D eigenvalue weighted by Gasteiger charge is -2.28. The largest absolute Gasteiger partial charge is 0.456 e. The van der Waals surface area contributed by atoms with E-state index in [0.29, 0.717) is 0 Å². The third kappa shape index (κ3) is 4.79. The minimum atomic E-state index is 0.818. The number of rotatable bonds is 5. The predicted octanol–water partition coefficient (Wildman–Crippen LogP) is 16.5. The minimum Gasteiger partial charge on any atom is -0.456 e. The Labute approximate surface area is 343 Å². The predicted molar refractivity (Wildman–Crippen MR) is 249 cm³/mol. The van der Waals surface area contributed by atoms with Crippen LogP contribution in [0.4, 0.5) is 17.1 Å². The topological polar surface area (TPSA) is 42.7 Å². The fourth-order valence-corrected chi connectivity index (χ4v) is 9.62. The van der Waals surface area contributed by atoms with Gasteiger partial charge in [-0.25, -0.2) is 0 Å². The van der Waals surface area contributed by atoms with Crippen molar-refractivity contribution < 1.29 is 13.3 Å². The molecule has 0 atom stereocenters. The molecular weight excluding hydrogens is 735 g/mol. The van der Waals surface area contributed by atoms with Crippen LogP contribution in [0, 0.1) is 0 Å². The molecule has 0 aliphatic carbocycles. The van der Waals surface area contributed by atoms with Crippen molar-refractivity contribution in [3.8, 4) is 22.3 Å². The molecule has 3 aromatic heterocycles. The molecule has 4 nitrogen and oxygen atoms in total. The number of anilines is 3. The van der Waals surface area contributed by atoms with Crippen LogP contribution in [-0.2, 0) is 0 Å². The number of furan rings is 3. The molecule has 0 saturated carbocycles. The second-order valence-electron chi connectivity index (χ2n) is 15.5. The van der Waals surface area contributed by atoms with Gasteiger partial charge in [0, 0.05) is 49.1 Å². The van der Waals surface area contributed by atoms with E-state index in [2.05, 4.69) is 187 Å². The standard InChI is InChI=1S/C56H33NO3/c1-2-15-36(16-3-1)57(48-32-34-14-4-5-17-37(34)39-18-6-7-19-40(39)48)47-26-13-29-51-54(47)46-31-30-35(33-52(46)59-51)38-21-10-24-43-44-25-11-23-42(56(44)60-55(38)43)41-22-12-28-50-53(41)45-20-8-9-27-49(45)58-50/h1-33H. The van der Waals surface area contributed by atoms with E-state index in [1.807, 2.05) is 18.2 Å². The number of hydrogen-bond donors (Lipinski definition) is 0. The van der Waals surface area contributed by atoms with Crippen molar-refractivity contribution in [3.05, 3.63) is 200 Å². The molecule has 0 bridgehead atoms. The summed E-state index contributed by atoms with van der Waals surface area (Å²) in [5.74, 6) is 0. The summed E-state index contributed by atoms with van der Waals surface area (Å²) in [6.07, 6.45) is 0. The molecule has 0 saturated heterocycles. The maximum absolute atomic E-state index is 6.98. The van der Waals surface area contributed by atoms with Crippen LogP contribution in [0.15, 0.2) is 213 Å². The van der Waals surface area contributed by atoms with Crippen LogP contribution in [0.1, 0.15) is 0 Å². The summed E-state index contributed by atoms with van der Waals surface area (Å²) in [6.45, 7) is 0. The van der Waals surface area contributed by atoms with Crippen molar-refractivity contribution in [2.45, 2.75) is 0 Å². The molecule has 4 heteroatoms. The third-order valence-electron chi connectivity index (χ3n) is 12.2. The van der Waals surface area contributed by atoms with E-state index < -0.39 is 0 Å². The molecule has 0 N–H and O–H groups in total. The molecule has 0 fully saturated rings. The van der Waals surface area contributed by atoms with Crippen molar-refractivity contribution in [2.24, 2.45) is 0 Å². The van der Waals surface area contributed by atoms with Crippen molar-refractivity contribution in [3.63, 3.8) is 0 Å². The fourth-order valence-electron chi connectivity index (χ4n) is 9.62. The maximum Gasteiger partial charge on any atom is 0.143 e. The van der Waals surface area contributed by atoms with Gasteiger partial charge in [-0.05, 0) is 81.9 Å². The molecule has 13 aromatic rings. The highest BCUT2D eigenvalue weighted by atomic mass is 16.3. The van der Waals surface area contributed by atoms with Crippen LogP contribution < -0.4 is 4.90 Å². The lowest BCUT2D eigenvalue weighted by atomic mass is 9.97. The van der Waals surface area contributed by atoms with Gasteiger partial charge < -0.3 is 18.2 Å². The highest BCUT2D eigenvalue weighted by Gasteiger charge is 2.23. The second kappa shape index (κ2) is 12.7. The number of nitrogens with zero attached hydrogens (tertiary/aromatic N) is 1. The van der Waals surface area contributed by atoms with E-state index in [0.717, 1.165) is 105 Å². The van der Waals surface area contributed by atoms with Crippen LogP contribution in [0.2, 0.25) is 0 Å². The van der Waals surface area contributed by atoms with Crippen molar-refractivity contribution in [2.75, 3.05) is 4.90 Å². The number of hydrogen-bond acceptors (Lipinski definition) is 4. The Morgan fingerprint density at radius 1 is 0.300 bits per heavy atom. The minimum absolute atomic E-state index is 0.818. The zero-order valence-corrected chi connectivity index (χ0v) is 32.2. The average molecular weight is 768 g/mol. The van der Waals surface area contributed by atoms with Gasteiger partial charge in [0.15, 0.2) is 0 Å². The van der Waals surface area contributed by atoms with Gasteiger partial charge in [0.2, 0.25) is 0 Å². The fraction of sp³-hybridized carbons (Fsp3) is 0. The molecule has 0 spiro atoms. The van der Waals surface area contributed by atoms with E-state index in [1.54, 1.807) is 0 Å². The number of benzene rings is 10. The van der Waals surface area contributed by atoms with E-state index >= 15 is 0 Å². The summed E-state index contributed by atoms with van der Waals surface area (Å²) in [6, 6.07) is 70.6. The van der Waals surface area contributed by atoms with Crippen LogP contribution >= 0.6 is 0 Å². The monoisotopic (exact) mass is 767 g/mol. The summed E-state index contributed by atoms with van der Waals surface area (Å²) in [5.41, 5.74) is 12.5. The number of para-hydroxylation sites is 4. The molecular formula is C56H33NO3. The first kappa shape index (κ1) is 32.9. The van der Waals surface area contributed by atoms with Crippen LogP contribution in [0.3, 0.4) is 0 Å². The normalized spacial score (nSPS) is 12.0. The lowest BCUT2D eigenvalue weighted by molar-refractivity contribution is 0.668. The summed E-state index contributed by atoms with van der Waals surface area (Å²) >= 11 is 0. The van der Waals surface area contributed by atoms with Gasteiger partial charge in [-0.2, -0.15) is 0 Å². The Morgan fingerprint density at radius 2 is 0.883 bits per heavy atom. The Hall–Kier alpha value is -8.08. The lowest BCUT2D eigenvalue weighted by Crippen LogP contribution is -2.11. The molecule has 0 aliphatic heterocycles. The molecule has 60 heavy (non-hydrogen) atoms. The molecule has 0 radical (unpaired) electrons. The van der Waals surface area contributed by atoms with Crippen LogP contribution in [0.5, 0.6) is 0 Å². The SMILES string of the molecule is c1ccc(N(c2cc3ccccc3c3ccccc23)c2cccc3oc4cc(-c5cccc6c5oc5c(-c7cccc8oc9ccccc9c78)cccc56)ccc4c23)cc1. The van der Waals surface area contributed by atoms with Gasteiger partial charge in [0.1, 0.15) is 33.5 Å². The highest BCUT2D eigenvalue weighted by Crippen LogP contribution is 2.48. The Kier molecular flexibility index (Phi) is 6.98. The smallest absolute Gasteiger partial charge is 0.143 e. The van der Waals surface area contributed by atoms with E-state index in [1.165, 1.54) is 21.5 Å². The molecule has 13 rings (SSSR count). The van der Waals surface area contributed by atoms with Gasteiger partial charge in [0.05, 0.1) is 16.8 Å². The quantitative estimate of drug-likeness (QED) is 0.164. The molecule has 0 amide bonds. The Balaban J connectivity index is 0.996. The first-order valence-corrected chi connectivity index (χ1v) is 20.3. The zero-order chi connectivity index (χ0) is 39.3. The highest BCUT2D eigenvalue weighted by molar-refractivity contribution is 6.20. The van der Waals surface area contributed by atoms with Crippen LogP contribution in [-0.4, -0.2) is 0 Å². The Bertz CT molecular complexity index is 3850. The zero-order valence-electron chi connectivity index (χ0n) is 32.2. The van der Waals surface area contributed by atoms with Gasteiger partial charge in [-0.1, -0.05) is 146 Å². The van der Waals surface area contributed by atoms with Gasteiger partial charge in [0.25, 0.3) is 0 Å². The molecule has 3 heterocycles. The van der Waals surface area contributed by atoms with Crippen LogP contribution in [0.25, 0.3) is 110 Å². The summed E-state index contributed by atoms with van der Waals surface area (Å²) in [5, 5.41) is 11.3. The second-order valence-corrected chi connectivity index (χ2v) is 15.5. The first-order chi connectivity index (χ1) is 29.8. The molecule has 0 unspecified atom stereocenters. The van der Waals surface area contributed by atoms with Crippen molar-refractivity contribution in [1.82, 2.24) is 0 Å². The van der Waals surface area contributed by atoms with E-state index in [-0.39, 0.29) is 0 Å². The maximum atomic E-state index is 6.98. The summed E-state index contributed by atoms with van der Waals surface area (Å²) in [7, 11) is 0. The molecule has 280 valence electrons. The first-order valence-electron chi connectivity index (χ1n) is 20.3.